The third-order valence-corrected chi connectivity index (χ3v) is 8.66. The van der Waals surface area contributed by atoms with Crippen LogP contribution >= 0.6 is 11.8 Å². The minimum Gasteiger partial charge on any atom is -0.461 e. The number of carbonyl (C=O) groups is 1. The van der Waals surface area contributed by atoms with Gasteiger partial charge in [-0.05, 0) is 90.0 Å². The first-order valence-corrected chi connectivity index (χ1v) is 16.3. The van der Waals surface area contributed by atoms with E-state index in [1.54, 1.807) is 24.5 Å². The molecule has 0 amide bonds. The average molecular weight is 626 g/mol. The van der Waals surface area contributed by atoms with Crippen LogP contribution in [-0.4, -0.2) is 46.5 Å². The largest absolute Gasteiger partial charge is 0.461 e. The third kappa shape index (κ3) is 8.78. The Labute approximate surface area is 265 Å². The van der Waals surface area contributed by atoms with Crippen LogP contribution < -0.4 is 4.90 Å². The molecule has 4 rings (SSSR count). The molecule has 0 saturated carbocycles. The predicted molar refractivity (Wildman–Crippen MR) is 173 cm³/mol. The van der Waals surface area contributed by atoms with E-state index in [-0.39, 0.29) is 17.3 Å². The Hall–Kier alpha value is -3.04. The van der Waals surface area contributed by atoms with Crippen LogP contribution in [-0.2, 0) is 20.7 Å². The minimum absolute atomic E-state index is 0.192. The molecule has 1 fully saturated rings. The van der Waals surface area contributed by atoms with Crippen molar-refractivity contribution in [1.82, 2.24) is 9.97 Å². The summed E-state index contributed by atoms with van der Waals surface area (Å²) in [5.74, 6) is -0.586. The van der Waals surface area contributed by atoms with Gasteiger partial charge in [0.15, 0.2) is 11.9 Å². The quantitative estimate of drug-likeness (QED) is 0.165. The van der Waals surface area contributed by atoms with Gasteiger partial charge < -0.3 is 14.4 Å². The van der Waals surface area contributed by atoms with Gasteiger partial charge in [0.25, 0.3) is 0 Å². The number of rotatable bonds is 10. The van der Waals surface area contributed by atoms with Crippen molar-refractivity contribution in [1.29, 1.82) is 0 Å². The van der Waals surface area contributed by atoms with Gasteiger partial charge in [-0.3, -0.25) is 4.98 Å². The molecule has 1 aromatic carbocycles. The molecule has 2 aromatic heterocycles. The maximum absolute atomic E-state index is 15.6. The number of esters is 1. The van der Waals surface area contributed by atoms with Crippen LogP contribution in [0.15, 0.2) is 47.8 Å². The second-order valence-corrected chi connectivity index (χ2v) is 14.6. The number of ether oxygens (including phenoxy) is 2. The molecule has 1 aliphatic rings. The van der Waals surface area contributed by atoms with E-state index in [0.29, 0.717) is 39.6 Å². The topological polar surface area (TPSA) is 64.5 Å². The number of piperidine rings is 1. The molecule has 3 aromatic rings. The highest BCUT2D eigenvalue weighted by Crippen LogP contribution is 2.44. The molecule has 9 heteroatoms. The summed E-state index contributed by atoms with van der Waals surface area (Å²) in [6.07, 6.45) is 4.66. The van der Waals surface area contributed by atoms with Crippen LogP contribution in [0, 0.1) is 24.0 Å². The van der Waals surface area contributed by atoms with E-state index in [1.165, 1.54) is 30.0 Å². The van der Waals surface area contributed by atoms with Gasteiger partial charge in [0.2, 0.25) is 0 Å². The summed E-state index contributed by atoms with van der Waals surface area (Å²) in [4.78, 5) is 25.1. The summed E-state index contributed by atoms with van der Waals surface area (Å²) in [6, 6.07) is 7.83. The Kier molecular flexibility index (Phi) is 10.7. The van der Waals surface area contributed by atoms with E-state index in [1.807, 2.05) is 41.5 Å². The Bertz CT molecular complexity index is 1440. The molecule has 3 heterocycles. The van der Waals surface area contributed by atoms with Crippen molar-refractivity contribution in [3.8, 4) is 11.1 Å². The first kappa shape index (κ1) is 33.8. The summed E-state index contributed by atoms with van der Waals surface area (Å²) in [6.45, 7) is 17.3. The van der Waals surface area contributed by atoms with Gasteiger partial charge in [0.1, 0.15) is 10.8 Å². The number of aromatic nitrogens is 2. The van der Waals surface area contributed by atoms with Gasteiger partial charge >= 0.3 is 5.97 Å². The van der Waals surface area contributed by atoms with Crippen molar-refractivity contribution < 1.29 is 23.0 Å². The maximum Gasteiger partial charge on any atom is 0.340 e. The SMILES string of the molecule is Cc1ncc(-c2cnc(SCCc3ccc(F)cc3)c(F)c2)c(N2CCC(C)(C)CC2)c1[C@H](OC(C)(C)C)C(=O)OC(C)C. The van der Waals surface area contributed by atoms with E-state index in [0.717, 1.165) is 37.2 Å². The van der Waals surface area contributed by atoms with Gasteiger partial charge in [-0.1, -0.05) is 26.0 Å². The van der Waals surface area contributed by atoms with Crippen molar-refractivity contribution in [2.45, 2.75) is 97.5 Å². The minimum atomic E-state index is -1.02. The summed E-state index contributed by atoms with van der Waals surface area (Å²) in [7, 11) is 0. The van der Waals surface area contributed by atoms with E-state index in [4.69, 9.17) is 14.5 Å². The van der Waals surface area contributed by atoms with Crippen LogP contribution in [0.4, 0.5) is 14.5 Å². The molecule has 238 valence electrons. The summed E-state index contributed by atoms with van der Waals surface area (Å²) in [5, 5.41) is 0.298. The van der Waals surface area contributed by atoms with E-state index < -0.39 is 23.5 Å². The summed E-state index contributed by atoms with van der Waals surface area (Å²) in [5.41, 5.74) is 3.89. The van der Waals surface area contributed by atoms with Crippen molar-refractivity contribution in [2.24, 2.45) is 5.41 Å². The zero-order valence-corrected chi connectivity index (χ0v) is 28.0. The Morgan fingerprint density at radius 3 is 2.32 bits per heavy atom. The second kappa shape index (κ2) is 13.9. The molecule has 0 bridgehead atoms. The molecule has 0 unspecified atom stereocenters. The fourth-order valence-corrected chi connectivity index (χ4v) is 6.13. The Morgan fingerprint density at radius 2 is 1.73 bits per heavy atom. The molecule has 0 radical (unpaired) electrons. The highest BCUT2D eigenvalue weighted by Gasteiger charge is 2.37. The molecular weight excluding hydrogens is 580 g/mol. The molecule has 6 nitrogen and oxygen atoms in total. The second-order valence-electron chi connectivity index (χ2n) is 13.5. The molecule has 0 N–H and O–H groups in total. The van der Waals surface area contributed by atoms with E-state index in [9.17, 15) is 9.18 Å². The van der Waals surface area contributed by atoms with Crippen LogP contribution in [0.2, 0.25) is 0 Å². The Morgan fingerprint density at radius 1 is 1.07 bits per heavy atom. The predicted octanol–water partition coefficient (Wildman–Crippen LogP) is 8.50. The number of benzene rings is 1. The number of pyridine rings is 2. The van der Waals surface area contributed by atoms with Crippen LogP contribution in [0.25, 0.3) is 11.1 Å². The van der Waals surface area contributed by atoms with Gasteiger partial charge in [0, 0.05) is 53.6 Å². The molecule has 1 atom stereocenters. The number of carbonyl (C=O) groups excluding carboxylic acids is 1. The van der Waals surface area contributed by atoms with Crippen molar-refractivity contribution in [3.05, 3.63) is 71.2 Å². The lowest BCUT2D eigenvalue weighted by Crippen LogP contribution is -2.39. The number of nitrogens with zero attached hydrogens (tertiary/aromatic N) is 3. The smallest absolute Gasteiger partial charge is 0.340 e. The fourth-order valence-electron chi connectivity index (χ4n) is 5.28. The lowest BCUT2D eigenvalue weighted by molar-refractivity contribution is -0.171. The monoisotopic (exact) mass is 625 g/mol. The summed E-state index contributed by atoms with van der Waals surface area (Å²) < 4.78 is 40.9. The Balaban J connectivity index is 1.75. The molecule has 1 saturated heterocycles. The number of hydrogen-bond acceptors (Lipinski definition) is 7. The number of halogens is 2. The zero-order chi connectivity index (χ0) is 32.2. The molecule has 44 heavy (non-hydrogen) atoms. The van der Waals surface area contributed by atoms with Crippen molar-refractivity contribution >= 4 is 23.4 Å². The highest BCUT2D eigenvalue weighted by molar-refractivity contribution is 7.99. The standard InChI is InChI=1S/C35H45F2N3O3S/c1-22(2)42-33(41)31(43-34(4,5)6)29-23(3)38-21-27(30(29)40-16-14-35(7,8)15-17-40)25-19-28(37)32(39-20-25)44-18-13-24-9-11-26(36)12-10-24/h9-12,19-22,31H,13-18H2,1-8H3/t31-/m0/s1. The van der Waals surface area contributed by atoms with Crippen LogP contribution in [0.5, 0.6) is 0 Å². The van der Waals surface area contributed by atoms with E-state index in [2.05, 4.69) is 23.7 Å². The normalized spacial score (nSPS) is 15.8. The van der Waals surface area contributed by atoms with Gasteiger partial charge in [-0.15, -0.1) is 11.8 Å². The lowest BCUT2D eigenvalue weighted by Gasteiger charge is -2.41. The van der Waals surface area contributed by atoms with Gasteiger partial charge in [0.05, 0.1) is 17.4 Å². The molecule has 0 aliphatic carbocycles. The first-order chi connectivity index (χ1) is 20.6. The fraction of sp³-hybridized carbons (Fsp3) is 0.514. The average Bonchev–Trinajstić information content (AvgIpc) is 2.93. The van der Waals surface area contributed by atoms with Crippen molar-refractivity contribution in [2.75, 3.05) is 23.7 Å². The van der Waals surface area contributed by atoms with Gasteiger partial charge in [-0.25, -0.2) is 18.6 Å². The van der Waals surface area contributed by atoms with Gasteiger partial charge in [-0.2, -0.15) is 0 Å². The summed E-state index contributed by atoms with van der Waals surface area (Å²) >= 11 is 1.32. The lowest BCUT2D eigenvalue weighted by atomic mass is 9.82. The number of aryl methyl sites for hydroxylation is 2. The molecule has 1 aliphatic heterocycles. The highest BCUT2D eigenvalue weighted by atomic mass is 32.2. The molecular formula is C35H45F2N3O3S. The number of thioether (sulfide) groups is 1. The third-order valence-electron chi connectivity index (χ3n) is 7.68. The first-order valence-electron chi connectivity index (χ1n) is 15.3. The van der Waals surface area contributed by atoms with Crippen LogP contribution in [0.1, 0.15) is 84.2 Å². The number of anilines is 1. The molecule has 0 spiro atoms. The maximum atomic E-state index is 15.6. The number of hydrogen-bond donors (Lipinski definition) is 0. The van der Waals surface area contributed by atoms with Crippen LogP contribution in [0.3, 0.4) is 0 Å². The zero-order valence-electron chi connectivity index (χ0n) is 27.2. The van der Waals surface area contributed by atoms with E-state index >= 15 is 4.39 Å². The van der Waals surface area contributed by atoms with Crippen molar-refractivity contribution in [3.63, 3.8) is 0 Å².